The Labute approximate surface area is 205 Å². The van der Waals surface area contributed by atoms with E-state index in [2.05, 4.69) is 10.3 Å². The van der Waals surface area contributed by atoms with Gasteiger partial charge in [0.1, 0.15) is 5.69 Å². The molecule has 1 aromatic carbocycles. The Balaban J connectivity index is 1.85. The van der Waals surface area contributed by atoms with Crippen molar-refractivity contribution >= 4 is 15.9 Å². The first kappa shape index (κ1) is 26.7. The van der Waals surface area contributed by atoms with Crippen molar-refractivity contribution in [2.24, 2.45) is 5.92 Å². The zero-order chi connectivity index (χ0) is 25.6. The second-order valence-electron chi connectivity index (χ2n) is 8.90. The van der Waals surface area contributed by atoms with E-state index < -0.39 is 16.1 Å². The number of fused-ring (bicyclic) bond motifs is 2. The number of aryl methyl sites for hydroxylation is 1. The standard InChI is InChI=1S/C23H32N6O5S/c1-17-12-29(18(2)15-30)23(31)5-4-10-28-13-20(25-26-28)16-34-22(17)14-27(3)35(32,33)21-8-6-19(11-24)7-9-21/h6-9,13,17-18,22,30H,4-5,10,12,14-16H2,1-3H3/t17-,18+,22-/m1/s1. The number of carbonyl (C=O) groups is 1. The third-order valence-electron chi connectivity index (χ3n) is 6.17. The average Bonchev–Trinajstić information content (AvgIpc) is 3.31. The Bertz CT molecular complexity index is 1140. The van der Waals surface area contributed by atoms with E-state index in [-0.39, 0.29) is 42.5 Å². The van der Waals surface area contributed by atoms with Crippen LogP contribution in [-0.4, -0.2) is 82.5 Å². The minimum absolute atomic E-state index is 0.0349. The van der Waals surface area contributed by atoms with Crippen molar-refractivity contribution in [2.75, 3.05) is 26.7 Å². The maximum Gasteiger partial charge on any atom is 0.242 e. The van der Waals surface area contributed by atoms with E-state index in [1.165, 1.54) is 35.6 Å². The molecule has 3 atom stereocenters. The molecule has 0 fully saturated rings. The molecule has 0 aliphatic carbocycles. The molecule has 1 aromatic heterocycles. The Morgan fingerprint density at radius 2 is 2.06 bits per heavy atom. The van der Waals surface area contributed by atoms with Crippen LogP contribution in [0.5, 0.6) is 0 Å². The van der Waals surface area contributed by atoms with Gasteiger partial charge in [-0.2, -0.15) is 9.57 Å². The van der Waals surface area contributed by atoms with E-state index in [9.17, 15) is 18.3 Å². The summed E-state index contributed by atoms with van der Waals surface area (Å²) in [6.45, 7) is 4.52. The van der Waals surface area contributed by atoms with Crippen LogP contribution < -0.4 is 0 Å². The number of hydrogen-bond donors (Lipinski definition) is 1. The molecule has 0 saturated heterocycles. The number of nitriles is 1. The highest BCUT2D eigenvalue weighted by Crippen LogP contribution is 2.21. The zero-order valence-corrected chi connectivity index (χ0v) is 21.1. The molecule has 0 unspecified atom stereocenters. The first-order valence-electron chi connectivity index (χ1n) is 11.5. The summed E-state index contributed by atoms with van der Waals surface area (Å²) in [5.41, 5.74) is 0.987. The van der Waals surface area contributed by atoms with E-state index in [0.29, 0.717) is 37.2 Å². The van der Waals surface area contributed by atoms with Crippen LogP contribution in [0.3, 0.4) is 0 Å². The molecule has 35 heavy (non-hydrogen) atoms. The summed E-state index contributed by atoms with van der Waals surface area (Å²) in [5, 5.41) is 26.9. The molecule has 2 heterocycles. The van der Waals surface area contributed by atoms with Crippen molar-refractivity contribution in [3.63, 3.8) is 0 Å². The monoisotopic (exact) mass is 504 g/mol. The van der Waals surface area contributed by atoms with Gasteiger partial charge in [-0.15, -0.1) is 5.10 Å². The topological polar surface area (TPSA) is 142 Å². The molecule has 1 aliphatic rings. The average molecular weight is 505 g/mol. The molecule has 0 saturated carbocycles. The van der Waals surface area contributed by atoms with E-state index >= 15 is 0 Å². The number of nitrogens with zero attached hydrogens (tertiary/aromatic N) is 6. The number of aliphatic hydroxyl groups excluding tert-OH is 1. The molecular formula is C23H32N6O5S. The summed E-state index contributed by atoms with van der Waals surface area (Å²) in [6, 6.07) is 7.32. The zero-order valence-electron chi connectivity index (χ0n) is 20.2. The van der Waals surface area contributed by atoms with Crippen molar-refractivity contribution in [3.05, 3.63) is 41.7 Å². The Morgan fingerprint density at radius 3 is 2.71 bits per heavy atom. The van der Waals surface area contributed by atoms with Gasteiger partial charge in [0.2, 0.25) is 15.9 Å². The quantitative estimate of drug-likeness (QED) is 0.614. The fourth-order valence-corrected chi connectivity index (χ4v) is 5.11. The molecule has 1 N–H and O–H groups in total. The highest BCUT2D eigenvalue weighted by Gasteiger charge is 2.31. The maximum absolute atomic E-state index is 13.2. The van der Waals surface area contributed by atoms with Crippen LogP contribution in [0, 0.1) is 17.2 Å². The summed E-state index contributed by atoms with van der Waals surface area (Å²) >= 11 is 0. The van der Waals surface area contributed by atoms with Gasteiger partial charge >= 0.3 is 0 Å². The van der Waals surface area contributed by atoms with Crippen molar-refractivity contribution in [1.29, 1.82) is 5.26 Å². The van der Waals surface area contributed by atoms with E-state index in [1.807, 2.05) is 13.0 Å². The lowest BCUT2D eigenvalue weighted by Gasteiger charge is -2.35. The molecule has 1 amide bonds. The van der Waals surface area contributed by atoms with Crippen molar-refractivity contribution in [1.82, 2.24) is 24.2 Å². The molecule has 2 bridgehead atoms. The third-order valence-corrected chi connectivity index (χ3v) is 8.01. The summed E-state index contributed by atoms with van der Waals surface area (Å²) < 4.78 is 35.3. The van der Waals surface area contributed by atoms with Gasteiger partial charge in [-0.25, -0.2) is 8.42 Å². The van der Waals surface area contributed by atoms with Crippen molar-refractivity contribution in [3.8, 4) is 6.07 Å². The molecule has 0 spiro atoms. The summed E-state index contributed by atoms with van der Waals surface area (Å²) in [6.07, 6.45) is 2.07. The van der Waals surface area contributed by atoms with Crippen LogP contribution in [0.15, 0.2) is 35.4 Å². The van der Waals surface area contributed by atoms with Crippen LogP contribution in [0.2, 0.25) is 0 Å². The number of likely N-dealkylation sites (N-methyl/N-ethyl adjacent to an activating group) is 1. The second kappa shape index (κ2) is 11.7. The number of hydrogen-bond acceptors (Lipinski definition) is 8. The van der Waals surface area contributed by atoms with Gasteiger partial charge in [0.25, 0.3) is 0 Å². The largest absolute Gasteiger partial charge is 0.394 e. The van der Waals surface area contributed by atoms with Gasteiger partial charge in [0.15, 0.2) is 0 Å². The smallest absolute Gasteiger partial charge is 0.242 e. The number of carbonyl (C=O) groups excluding carboxylic acids is 1. The Kier molecular flexibility index (Phi) is 8.96. The minimum Gasteiger partial charge on any atom is -0.394 e. The minimum atomic E-state index is -3.84. The van der Waals surface area contributed by atoms with Crippen LogP contribution in [-0.2, 0) is 32.7 Å². The number of benzene rings is 1. The fraction of sp³-hybridized carbons (Fsp3) is 0.565. The van der Waals surface area contributed by atoms with Crippen molar-refractivity contribution < 1.29 is 23.1 Å². The lowest BCUT2D eigenvalue weighted by molar-refractivity contribution is -0.136. The van der Waals surface area contributed by atoms with Crippen LogP contribution in [0.1, 0.15) is 37.9 Å². The normalized spacial score (nSPS) is 21.0. The molecular weight excluding hydrogens is 472 g/mol. The molecule has 12 heteroatoms. The van der Waals surface area contributed by atoms with Crippen LogP contribution in [0.4, 0.5) is 0 Å². The first-order chi connectivity index (χ1) is 16.6. The highest BCUT2D eigenvalue weighted by molar-refractivity contribution is 7.89. The number of ether oxygens (including phenoxy) is 1. The van der Waals surface area contributed by atoms with Gasteiger partial charge in [-0.1, -0.05) is 12.1 Å². The lowest BCUT2D eigenvalue weighted by atomic mass is 10.0. The predicted octanol–water partition coefficient (Wildman–Crippen LogP) is 0.995. The fourth-order valence-electron chi connectivity index (χ4n) is 3.93. The van der Waals surface area contributed by atoms with Crippen LogP contribution >= 0.6 is 0 Å². The lowest BCUT2D eigenvalue weighted by Crippen LogP contribution is -2.47. The second-order valence-corrected chi connectivity index (χ2v) is 10.9. The molecule has 190 valence electrons. The Hall–Kier alpha value is -2.85. The third kappa shape index (κ3) is 6.64. The number of aliphatic hydroxyl groups is 1. The molecule has 11 nitrogen and oxygen atoms in total. The van der Waals surface area contributed by atoms with Gasteiger partial charge in [-0.05, 0) is 37.6 Å². The van der Waals surface area contributed by atoms with E-state index in [4.69, 9.17) is 10.00 Å². The molecule has 2 aromatic rings. The number of sulfonamides is 1. The highest BCUT2D eigenvalue weighted by atomic mass is 32.2. The molecule has 1 aliphatic heterocycles. The first-order valence-corrected chi connectivity index (χ1v) is 13.0. The summed E-state index contributed by atoms with van der Waals surface area (Å²) in [4.78, 5) is 14.7. The van der Waals surface area contributed by atoms with Gasteiger partial charge in [0.05, 0.1) is 48.1 Å². The maximum atomic E-state index is 13.2. The number of rotatable bonds is 6. The van der Waals surface area contributed by atoms with E-state index in [0.717, 1.165) is 0 Å². The van der Waals surface area contributed by atoms with Crippen molar-refractivity contribution in [2.45, 2.75) is 56.9 Å². The predicted molar refractivity (Wildman–Crippen MR) is 126 cm³/mol. The SMILES string of the molecule is C[C@@H]1CN([C@@H](C)CO)C(=O)CCCn2cc(nn2)CO[C@@H]1CN(C)S(=O)(=O)c1ccc(C#N)cc1. The van der Waals surface area contributed by atoms with Gasteiger partial charge in [-0.3, -0.25) is 9.48 Å². The Morgan fingerprint density at radius 1 is 1.34 bits per heavy atom. The van der Waals surface area contributed by atoms with Crippen LogP contribution in [0.25, 0.3) is 0 Å². The summed E-state index contributed by atoms with van der Waals surface area (Å²) in [5.74, 6) is -0.336. The summed E-state index contributed by atoms with van der Waals surface area (Å²) in [7, 11) is -2.37. The molecule has 0 radical (unpaired) electrons. The molecule has 3 rings (SSSR count). The van der Waals surface area contributed by atoms with Gasteiger partial charge < -0.3 is 14.7 Å². The van der Waals surface area contributed by atoms with E-state index in [1.54, 1.807) is 22.7 Å². The van der Waals surface area contributed by atoms with Gasteiger partial charge in [0, 0.05) is 39.0 Å². The number of amides is 1. The number of aromatic nitrogens is 3.